The van der Waals surface area contributed by atoms with Crippen LogP contribution in [0.5, 0.6) is 5.75 Å². The van der Waals surface area contributed by atoms with Crippen molar-refractivity contribution in [2.75, 3.05) is 31.7 Å². The topological polar surface area (TPSA) is 161 Å². The Morgan fingerprint density at radius 2 is 1.46 bits per heavy atom. The van der Waals surface area contributed by atoms with E-state index >= 15 is 0 Å². The first-order chi connectivity index (χ1) is 16.7. The lowest BCUT2D eigenvalue weighted by Crippen LogP contribution is -2.26. The number of primary amides is 1. The van der Waals surface area contributed by atoms with Crippen molar-refractivity contribution in [3.05, 3.63) is 47.9 Å². The predicted molar refractivity (Wildman–Crippen MR) is 130 cm³/mol. The number of aromatic nitrogens is 2. The zero-order valence-electron chi connectivity index (χ0n) is 20.2. The van der Waals surface area contributed by atoms with Crippen molar-refractivity contribution in [1.82, 2.24) is 9.97 Å². The highest BCUT2D eigenvalue weighted by Gasteiger charge is 2.51. The van der Waals surface area contributed by atoms with E-state index in [1.807, 2.05) is 0 Å². The molecule has 0 aromatic carbocycles. The fourth-order valence-electron chi connectivity index (χ4n) is 2.99. The molecule has 2 aromatic rings. The molecule has 0 saturated heterocycles. The highest BCUT2D eigenvalue weighted by molar-refractivity contribution is 7.72. The fourth-order valence-corrected chi connectivity index (χ4v) is 7.91. The average molecular weight is 530 g/mol. The molecule has 1 amide bonds. The second kappa shape index (κ2) is 13.7. The molecule has 2 heterocycles. The number of nitrogens with one attached hydrogen (secondary N) is 1. The van der Waals surface area contributed by atoms with Crippen LogP contribution in [0.4, 0.5) is 5.82 Å². The van der Waals surface area contributed by atoms with Gasteiger partial charge in [0.05, 0.1) is 26.4 Å². The molecule has 194 valence electrons. The highest BCUT2D eigenvalue weighted by atomic mass is 31.2. The molecule has 2 aromatic heterocycles. The van der Waals surface area contributed by atoms with Crippen molar-refractivity contribution in [3.8, 4) is 5.75 Å². The van der Waals surface area contributed by atoms with E-state index in [1.54, 1.807) is 39.8 Å². The number of ether oxygens (including phenoxy) is 1. The van der Waals surface area contributed by atoms with Crippen LogP contribution in [-0.2, 0) is 33.8 Å². The number of nitrogens with two attached hydrogens (primary N) is 1. The Morgan fingerprint density at radius 1 is 0.914 bits per heavy atom. The summed E-state index contributed by atoms with van der Waals surface area (Å²) in [5.41, 5.74) is 4.59. The SMILES string of the molecule is CCOP(=O)(OCC)C(Nc1cc(OCc2ccnc(C(N)=O)c2)ccn1)P(=O)(OCC)OCC. The largest absolute Gasteiger partial charge is 0.489 e. The summed E-state index contributed by atoms with van der Waals surface area (Å²) in [5, 5.41) is 2.87. The van der Waals surface area contributed by atoms with E-state index in [2.05, 4.69) is 15.3 Å². The molecule has 0 aliphatic carbocycles. The number of hydrogen-bond acceptors (Lipinski definition) is 11. The molecule has 12 nitrogen and oxygen atoms in total. The van der Waals surface area contributed by atoms with Gasteiger partial charge in [-0.1, -0.05) is 0 Å². The van der Waals surface area contributed by atoms with Crippen molar-refractivity contribution in [3.63, 3.8) is 0 Å². The van der Waals surface area contributed by atoms with E-state index in [0.717, 1.165) is 0 Å². The Kier molecular flexibility index (Phi) is 11.3. The Labute approximate surface area is 204 Å². The molecule has 0 spiro atoms. The van der Waals surface area contributed by atoms with Gasteiger partial charge in [0.25, 0.3) is 5.91 Å². The minimum atomic E-state index is -4.02. The molecular formula is C21H32N4O8P2. The fraction of sp³-hybridized carbons (Fsp3) is 0.476. The van der Waals surface area contributed by atoms with E-state index < -0.39 is 26.6 Å². The van der Waals surface area contributed by atoms with E-state index in [1.165, 1.54) is 24.5 Å². The molecule has 35 heavy (non-hydrogen) atoms. The van der Waals surface area contributed by atoms with Crippen LogP contribution in [0, 0.1) is 0 Å². The molecule has 0 aliphatic heterocycles. The van der Waals surface area contributed by atoms with Gasteiger partial charge in [0.2, 0.25) is 5.52 Å². The van der Waals surface area contributed by atoms with Gasteiger partial charge in [0.15, 0.2) is 0 Å². The van der Waals surface area contributed by atoms with E-state index in [4.69, 9.17) is 28.6 Å². The number of hydrogen-bond donors (Lipinski definition) is 2. The number of rotatable bonds is 16. The molecule has 0 atom stereocenters. The molecule has 0 fully saturated rings. The normalized spacial score (nSPS) is 12.0. The van der Waals surface area contributed by atoms with Crippen molar-refractivity contribution < 1.29 is 36.8 Å². The van der Waals surface area contributed by atoms with Crippen molar-refractivity contribution in [2.24, 2.45) is 5.73 Å². The number of amides is 1. The lowest BCUT2D eigenvalue weighted by atomic mass is 10.2. The van der Waals surface area contributed by atoms with Crippen LogP contribution in [0.15, 0.2) is 36.7 Å². The number of anilines is 1. The van der Waals surface area contributed by atoms with Crippen molar-refractivity contribution in [1.29, 1.82) is 0 Å². The van der Waals surface area contributed by atoms with Gasteiger partial charge in [-0.25, -0.2) is 4.98 Å². The molecule has 0 unspecified atom stereocenters. The van der Waals surface area contributed by atoms with E-state index in [-0.39, 0.29) is 44.5 Å². The third-order valence-electron chi connectivity index (χ3n) is 4.33. The van der Waals surface area contributed by atoms with Gasteiger partial charge in [0, 0.05) is 18.5 Å². The molecule has 2 rings (SSSR count). The summed E-state index contributed by atoms with van der Waals surface area (Å²) in [4.78, 5) is 19.4. The zero-order chi connectivity index (χ0) is 25.9. The van der Waals surface area contributed by atoms with Crippen molar-refractivity contribution in [2.45, 2.75) is 39.8 Å². The third kappa shape index (κ3) is 8.10. The number of nitrogens with zero attached hydrogens (tertiary/aromatic N) is 2. The highest BCUT2D eigenvalue weighted by Crippen LogP contribution is 2.70. The summed E-state index contributed by atoms with van der Waals surface area (Å²) in [6, 6.07) is 6.34. The second-order valence-corrected chi connectivity index (χ2v) is 11.5. The number of carbonyl (C=O) groups is 1. The predicted octanol–water partition coefficient (Wildman–Crippen LogP) is 4.38. The number of pyridine rings is 2. The van der Waals surface area contributed by atoms with Gasteiger partial charge < -0.3 is 33.9 Å². The molecule has 0 bridgehead atoms. The Balaban J connectivity index is 2.33. The second-order valence-electron chi connectivity index (χ2n) is 6.85. The standard InChI is InChI=1S/C21H32N4O8P2/c1-5-30-34(27,31-6-2)21(35(28,32-7-3)33-8-4)25-19-14-17(10-12-24-19)29-15-16-9-11-23-18(13-16)20(22)26/h9-14,21H,5-8,15H2,1-4H3,(H2,22,26)(H,24,25). The van der Waals surface area contributed by atoms with Gasteiger partial charge in [-0.05, 0) is 51.5 Å². The smallest absolute Gasteiger partial charge is 0.365 e. The quantitative estimate of drug-likeness (QED) is 0.296. The summed E-state index contributed by atoms with van der Waals surface area (Å²) in [7, 11) is -8.05. The molecule has 14 heteroatoms. The van der Waals surface area contributed by atoms with Gasteiger partial charge >= 0.3 is 15.2 Å². The first-order valence-corrected chi connectivity index (χ1v) is 14.3. The first-order valence-electron chi connectivity index (χ1n) is 11.1. The maximum atomic E-state index is 13.7. The van der Waals surface area contributed by atoms with Crippen LogP contribution in [-0.4, -0.2) is 47.8 Å². The average Bonchev–Trinajstić information content (AvgIpc) is 2.82. The maximum absolute atomic E-state index is 13.7. The lowest BCUT2D eigenvalue weighted by molar-refractivity contribution is 0.0995. The van der Waals surface area contributed by atoms with E-state index in [9.17, 15) is 13.9 Å². The summed E-state index contributed by atoms with van der Waals surface area (Å²) in [6.07, 6.45) is 2.91. The summed E-state index contributed by atoms with van der Waals surface area (Å²) < 4.78 is 54.9. The van der Waals surface area contributed by atoms with Gasteiger partial charge in [-0.2, -0.15) is 0 Å². The molecule has 0 radical (unpaired) electrons. The van der Waals surface area contributed by atoms with Crippen LogP contribution in [0.25, 0.3) is 0 Å². The molecule has 0 saturated carbocycles. The zero-order valence-corrected chi connectivity index (χ0v) is 22.0. The van der Waals surface area contributed by atoms with Gasteiger partial charge in [-0.3, -0.25) is 18.9 Å². The minimum Gasteiger partial charge on any atom is -0.489 e. The summed E-state index contributed by atoms with van der Waals surface area (Å²) in [5.74, 6) is -0.0716. The Morgan fingerprint density at radius 3 is 1.97 bits per heavy atom. The lowest BCUT2D eigenvalue weighted by Gasteiger charge is -2.32. The van der Waals surface area contributed by atoms with E-state index in [0.29, 0.717) is 11.3 Å². The monoisotopic (exact) mass is 530 g/mol. The molecular weight excluding hydrogens is 498 g/mol. The van der Waals surface area contributed by atoms with Crippen LogP contribution >= 0.6 is 15.2 Å². The molecule has 3 N–H and O–H groups in total. The van der Waals surface area contributed by atoms with Crippen LogP contribution in [0.1, 0.15) is 43.7 Å². The van der Waals surface area contributed by atoms with Gasteiger partial charge in [0.1, 0.15) is 23.9 Å². The minimum absolute atomic E-state index is 0.0451. The third-order valence-corrected chi connectivity index (χ3v) is 9.95. The van der Waals surface area contributed by atoms with Crippen LogP contribution in [0.2, 0.25) is 0 Å². The summed E-state index contributed by atoms with van der Waals surface area (Å²) in [6.45, 7) is 6.87. The maximum Gasteiger partial charge on any atom is 0.365 e. The Hall–Kier alpha value is -2.33. The summed E-state index contributed by atoms with van der Waals surface area (Å²) >= 11 is 0. The Bertz CT molecular complexity index is 1020. The van der Waals surface area contributed by atoms with Crippen LogP contribution in [0.3, 0.4) is 0 Å². The first kappa shape index (κ1) is 28.9. The van der Waals surface area contributed by atoms with Gasteiger partial charge in [-0.15, -0.1) is 0 Å². The van der Waals surface area contributed by atoms with Crippen molar-refractivity contribution >= 4 is 26.9 Å². The number of carbonyl (C=O) groups excluding carboxylic acids is 1. The molecule has 0 aliphatic rings. The van der Waals surface area contributed by atoms with Crippen LogP contribution < -0.4 is 15.8 Å².